The number of ether oxygens (including phenoxy) is 3. The predicted octanol–water partition coefficient (Wildman–Crippen LogP) is 1.97. The number of methoxy groups -OCH3 is 2. The zero-order valence-electron chi connectivity index (χ0n) is 17.8. The summed E-state index contributed by atoms with van der Waals surface area (Å²) in [6.45, 7) is 8.04. The lowest BCUT2D eigenvalue weighted by atomic mass is 9.95. The third-order valence-corrected chi connectivity index (χ3v) is 6.83. The van der Waals surface area contributed by atoms with Crippen molar-refractivity contribution in [2.75, 3.05) is 65.1 Å². The van der Waals surface area contributed by atoms with E-state index in [-0.39, 0.29) is 5.54 Å². The molecule has 0 saturated carbocycles. The normalized spacial score (nSPS) is 23.1. The smallest absolute Gasteiger partial charge is 0.191 e. The van der Waals surface area contributed by atoms with Crippen molar-refractivity contribution < 1.29 is 14.2 Å². The van der Waals surface area contributed by atoms with Crippen molar-refractivity contribution in [1.29, 1.82) is 0 Å². The maximum absolute atomic E-state index is 5.57. The van der Waals surface area contributed by atoms with E-state index in [0.717, 1.165) is 68.2 Å². The molecular formula is C21H34N4O3S. The van der Waals surface area contributed by atoms with Crippen molar-refractivity contribution in [1.82, 2.24) is 15.5 Å². The molecule has 1 aromatic rings. The zero-order valence-corrected chi connectivity index (χ0v) is 18.6. The maximum Gasteiger partial charge on any atom is 0.191 e. The van der Waals surface area contributed by atoms with E-state index in [1.54, 1.807) is 14.2 Å². The molecule has 29 heavy (non-hydrogen) atoms. The average Bonchev–Trinajstić information content (AvgIpc) is 3.26. The van der Waals surface area contributed by atoms with Crippen LogP contribution < -0.4 is 20.1 Å². The van der Waals surface area contributed by atoms with Crippen LogP contribution in [0.3, 0.4) is 0 Å². The molecule has 2 saturated heterocycles. The summed E-state index contributed by atoms with van der Waals surface area (Å²) in [6, 6.07) is 5.85. The summed E-state index contributed by atoms with van der Waals surface area (Å²) in [4.78, 5) is 7.42. The first-order chi connectivity index (χ1) is 14.2. The lowest BCUT2D eigenvalue weighted by Crippen LogP contribution is -2.60. The quantitative estimate of drug-likeness (QED) is 0.490. The summed E-state index contributed by atoms with van der Waals surface area (Å²) in [5, 5.41) is 6.99. The Morgan fingerprint density at radius 3 is 2.72 bits per heavy atom. The van der Waals surface area contributed by atoms with Gasteiger partial charge in [0.05, 0.1) is 34.0 Å². The van der Waals surface area contributed by atoms with E-state index in [0.29, 0.717) is 6.54 Å². The second-order valence-corrected chi connectivity index (χ2v) is 8.46. The highest BCUT2D eigenvalue weighted by Gasteiger charge is 2.40. The molecule has 0 bridgehead atoms. The Kier molecular flexibility index (Phi) is 8.32. The van der Waals surface area contributed by atoms with Gasteiger partial charge in [-0.2, -0.15) is 11.8 Å². The van der Waals surface area contributed by atoms with Gasteiger partial charge in [0, 0.05) is 49.1 Å². The number of hydrogen-bond donors (Lipinski definition) is 2. The van der Waals surface area contributed by atoms with Crippen molar-refractivity contribution in [3.05, 3.63) is 23.8 Å². The molecule has 2 N–H and O–H groups in total. The molecule has 0 aromatic heterocycles. The Morgan fingerprint density at radius 1 is 1.24 bits per heavy atom. The predicted molar refractivity (Wildman–Crippen MR) is 119 cm³/mol. The fraction of sp³-hybridized carbons (Fsp3) is 0.667. The second-order valence-electron chi connectivity index (χ2n) is 7.35. The van der Waals surface area contributed by atoms with E-state index in [2.05, 4.69) is 22.5 Å². The highest BCUT2D eigenvalue weighted by Crippen LogP contribution is 2.33. The molecule has 162 valence electrons. The summed E-state index contributed by atoms with van der Waals surface area (Å²) in [7, 11) is 3.33. The number of benzene rings is 1. The Balaban J connectivity index is 1.67. The summed E-state index contributed by atoms with van der Waals surface area (Å²) in [5.41, 5.74) is 1.22. The van der Waals surface area contributed by atoms with Gasteiger partial charge in [-0.25, -0.2) is 4.99 Å². The van der Waals surface area contributed by atoms with Gasteiger partial charge in [0.2, 0.25) is 0 Å². The highest BCUT2D eigenvalue weighted by atomic mass is 32.2. The van der Waals surface area contributed by atoms with Crippen LogP contribution in [0, 0.1) is 0 Å². The molecule has 7 nitrogen and oxygen atoms in total. The van der Waals surface area contributed by atoms with Crippen molar-refractivity contribution >= 4 is 17.7 Å². The first kappa shape index (κ1) is 22.1. The molecule has 2 aliphatic rings. The monoisotopic (exact) mass is 422 g/mol. The molecule has 1 atom stereocenters. The highest BCUT2D eigenvalue weighted by molar-refractivity contribution is 7.99. The van der Waals surface area contributed by atoms with Gasteiger partial charge in [-0.3, -0.25) is 4.90 Å². The lowest BCUT2D eigenvalue weighted by molar-refractivity contribution is -0.0120. The summed E-state index contributed by atoms with van der Waals surface area (Å²) < 4.78 is 16.4. The molecule has 0 aliphatic carbocycles. The molecule has 2 fully saturated rings. The van der Waals surface area contributed by atoms with Crippen molar-refractivity contribution in [3.63, 3.8) is 0 Å². The number of morpholine rings is 1. The third-order valence-electron chi connectivity index (χ3n) is 5.60. The van der Waals surface area contributed by atoms with Gasteiger partial charge >= 0.3 is 0 Å². The largest absolute Gasteiger partial charge is 0.497 e. The number of thioether (sulfide) groups is 1. The molecule has 1 aromatic carbocycles. The molecule has 1 unspecified atom stereocenters. The number of aliphatic imine (C=N–C) groups is 1. The minimum atomic E-state index is 0.183. The van der Waals surface area contributed by atoms with E-state index in [1.165, 1.54) is 12.2 Å². The molecular weight excluding hydrogens is 388 g/mol. The van der Waals surface area contributed by atoms with Crippen LogP contribution >= 0.6 is 11.8 Å². The zero-order chi connectivity index (χ0) is 20.5. The fourth-order valence-corrected chi connectivity index (χ4v) is 5.35. The van der Waals surface area contributed by atoms with Crippen molar-refractivity contribution in [2.24, 2.45) is 4.99 Å². The Labute approximate surface area is 178 Å². The summed E-state index contributed by atoms with van der Waals surface area (Å²) >= 11 is 2.05. The van der Waals surface area contributed by atoms with Crippen LogP contribution in [0.1, 0.15) is 18.9 Å². The molecule has 0 spiro atoms. The minimum absolute atomic E-state index is 0.183. The number of nitrogens with zero attached hydrogens (tertiary/aromatic N) is 2. The van der Waals surface area contributed by atoms with Crippen molar-refractivity contribution in [2.45, 2.75) is 25.4 Å². The van der Waals surface area contributed by atoms with Crippen LogP contribution in [0.25, 0.3) is 0 Å². The van der Waals surface area contributed by atoms with Crippen LogP contribution in [-0.4, -0.2) is 81.5 Å². The van der Waals surface area contributed by atoms with Gasteiger partial charge in [-0.1, -0.05) is 0 Å². The average molecular weight is 423 g/mol. The fourth-order valence-electron chi connectivity index (χ4n) is 3.87. The molecule has 2 heterocycles. The topological polar surface area (TPSA) is 67.4 Å². The van der Waals surface area contributed by atoms with Gasteiger partial charge in [0.15, 0.2) is 5.96 Å². The molecule has 0 amide bonds. The molecule has 2 aliphatic heterocycles. The Bertz CT molecular complexity index is 674. The Morgan fingerprint density at radius 2 is 2.07 bits per heavy atom. The summed E-state index contributed by atoms with van der Waals surface area (Å²) in [5.74, 6) is 4.79. The number of rotatable bonds is 8. The van der Waals surface area contributed by atoms with E-state index in [9.17, 15) is 0 Å². The first-order valence-electron chi connectivity index (χ1n) is 10.3. The van der Waals surface area contributed by atoms with E-state index < -0.39 is 0 Å². The van der Waals surface area contributed by atoms with Gasteiger partial charge < -0.3 is 24.8 Å². The van der Waals surface area contributed by atoms with Gasteiger partial charge in [0.25, 0.3) is 0 Å². The molecule has 8 heteroatoms. The van der Waals surface area contributed by atoms with Crippen LogP contribution in [0.4, 0.5) is 0 Å². The van der Waals surface area contributed by atoms with E-state index >= 15 is 0 Å². The molecule has 3 rings (SSSR count). The van der Waals surface area contributed by atoms with Gasteiger partial charge in [0.1, 0.15) is 11.5 Å². The van der Waals surface area contributed by atoms with E-state index in [1.807, 2.05) is 30.0 Å². The van der Waals surface area contributed by atoms with Crippen LogP contribution in [-0.2, 0) is 11.3 Å². The maximum atomic E-state index is 5.57. The summed E-state index contributed by atoms with van der Waals surface area (Å²) in [6.07, 6.45) is 1.20. The lowest BCUT2D eigenvalue weighted by Gasteiger charge is -2.43. The standard InChI is InChI=1S/C21H34N4O3S/c1-4-22-20(23-14-17-5-6-18(26-2)13-19(17)27-3)24-15-21(7-12-29-16-21)25-8-10-28-11-9-25/h5-6,13H,4,7-12,14-16H2,1-3H3,(H2,22,23,24). The number of nitrogens with one attached hydrogen (secondary N) is 2. The van der Waals surface area contributed by atoms with Crippen LogP contribution in [0.5, 0.6) is 11.5 Å². The van der Waals surface area contributed by atoms with Gasteiger partial charge in [-0.15, -0.1) is 0 Å². The number of guanidine groups is 1. The van der Waals surface area contributed by atoms with Crippen LogP contribution in [0.15, 0.2) is 23.2 Å². The van der Waals surface area contributed by atoms with E-state index in [4.69, 9.17) is 19.2 Å². The van der Waals surface area contributed by atoms with Crippen LogP contribution in [0.2, 0.25) is 0 Å². The third kappa shape index (κ3) is 5.71. The number of hydrogen-bond acceptors (Lipinski definition) is 6. The minimum Gasteiger partial charge on any atom is -0.497 e. The van der Waals surface area contributed by atoms with Crippen molar-refractivity contribution in [3.8, 4) is 11.5 Å². The second kappa shape index (κ2) is 10.9. The molecule has 0 radical (unpaired) electrons. The van der Waals surface area contributed by atoms with Gasteiger partial charge in [-0.05, 0) is 31.2 Å². The Hall–Kier alpha value is -1.64. The first-order valence-corrected chi connectivity index (χ1v) is 11.5. The SMILES string of the molecule is CCNC(=NCc1ccc(OC)cc1OC)NCC1(N2CCOCC2)CCSC1.